The zero-order chi connectivity index (χ0) is 15.0. The molecule has 1 saturated heterocycles. The number of carbonyl (C=O) groups excluding carboxylic acids is 2. The second-order valence-electron chi connectivity index (χ2n) is 5.97. The lowest BCUT2D eigenvalue weighted by Crippen LogP contribution is -2.46. The second kappa shape index (κ2) is 5.72. The van der Waals surface area contributed by atoms with Crippen molar-refractivity contribution >= 4 is 23.6 Å². The van der Waals surface area contributed by atoms with Gasteiger partial charge in [0, 0.05) is 17.9 Å². The summed E-state index contributed by atoms with van der Waals surface area (Å²) >= 11 is 1.68. The van der Waals surface area contributed by atoms with Gasteiger partial charge in [-0.1, -0.05) is 32.0 Å². The van der Waals surface area contributed by atoms with Crippen molar-refractivity contribution in [3.63, 3.8) is 0 Å². The van der Waals surface area contributed by atoms with E-state index < -0.39 is 0 Å². The average molecular weight is 304 g/mol. The van der Waals surface area contributed by atoms with Crippen LogP contribution in [0, 0.1) is 5.92 Å². The fourth-order valence-corrected chi connectivity index (χ4v) is 4.31. The number of thioether (sulfide) groups is 1. The number of carbonyl (C=O) groups is 2. The van der Waals surface area contributed by atoms with Gasteiger partial charge in [-0.2, -0.15) is 0 Å². The van der Waals surface area contributed by atoms with E-state index in [0.717, 1.165) is 17.5 Å². The molecule has 1 N–H and O–H groups in total. The smallest absolute Gasteiger partial charge is 0.256 e. The molecule has 21 heavy (non-hydrogen) atoms. The van der Waals surface area contributed by atoms with Gasteiger partial charge in [-0.05, 0) is 24.0 Å². The van der Waals surface area contributed by atoms with Crippen LogP contribution in [0.25, 0.3) is 0 Å². The Labute approximate surface area is 129 Å². The Hall–Kier alpha value is -1.49. The summed E-state index contributed by atoms with van der Waals surface area (Å²) in [6, 6.07) is 7.33. The SMILES string of the molecule is CC(C)CCNC(=O)[C@@H]1CS[C@H]2c3ccccc3C(=O)N12. The standard InChI is InChI=1S/C16H20N2O2S/c1-10(2)7-8-17-14(19)13-9-21-16-12-6-4-3-5-11(12)15(20)18(13)16/h3-6,10,13,16H,7-9H2,1-2H3,(H,17,19)/t13-,16-/m0/s1. The van der Waals surface area contributed by atoms with Crippen molar-refractivity contribution in [2.75, 3.05) is 12.3 Å². The first-order valence-corrected chi connectivity index (χ1v) is 8.45. The molecule has 112 valence electrons. The summed E-state index contributed by atoms with van der Waals surface area (Å²) < 4.78 is 0. The number of hydrogen-bond donors (Lipinski definition) is 1. The molecule has 1 aromatic carbocycles. The molecule has 2 heterocycles. The first-order valence-electron chi connectivity index (χ1n) is 7.40. The van der Waals surface area contributed by atoms with Crippen LogP contribution in [0.1, 0.15) is 41.6 Å². The van der Waals surface area contributed by atoms with Gasteiger partial charge in [0.15, 0.2) is 0 Å². The molecule has 0 unspecified atom stereocenters. The van der Waals surface area contributed by atoms with Gasteiger partial charge >= 0.3 is 0 Å². The molecule has 2 atom stereocenters. The van der Waals surface area contributed by atoms with Gasteiger partial charge in [-0.25, -0.2) is 0 Å². The molecule has 4 nitrogen and oxygen atoms in total. The maximum absolute atomic E-state index is 12.5. The minimum absolute atomic E-state index is 0.00884. The van der Waals surface area contributed by atoms with Crippen LogP contribution in [-0.4, -0.2) is 35.1 Å². The van der Waals surface area contributed by atoms with Gasteiger partial charge in [0.2, 0.25) is 5.91 Å². The Morgan fingerprint density at radius 2 is 2.19 bits per heavy atom. The van der Waals surface area contributed by atoms with Crippen LogP contribution in [0.4, 0.5) is 0 Å². The number of rotatable bonds is 4. The summed E-state index contributed by atoms with van der Waals surface area (Å²) in [5.74, 6) is 1.21. The molecular formula is C16H20N2O2S. The predicted molar refractivity (Wildman–Crippen MR) is 84.1 cm³/mol. The van der Waals surface area contributed by atoms with Gasteiger partial charge in [-0.15, -0.1) is 11.8 Å². The van der Waals surface area contributed by atoms with Crippen molar-refractivity contribution in [1.82, 2.24) is 10.2 Å². The lowest BCUT2D eigenvalue weighted by Gasteiger charge is -2.22. The summed E-state index contributed by atoms with van der Waals surface area (Å²) in [4.78, 5) is 26.6. The minimum Gasteiger partial charge on any atom is -0.354 e. The van der Waals surface area contributed by atoms with Gasteiger partial charge in [0.25, 0.3) is 5.91 Å². The van der Waals surface area contributed by atoms with Gasteiger partial charge in [0.05, 0.1) is 0 Å². The highest BCUT2D eigenvalue weighted by molar-refractivity contribution is 7.99. The Kier molecular flexibility index (Phi) is 3.93. The topological polar surface area (TPSA) is 49.4 Å². The zero-order valence-corrected chi connectivity index (χ0v) is 13.2. The number of hydrogen-bond acceptors (Lipinski definition) is 3. The highest BCUT2D eigenvalue weighted by Crippen LogP contribution is 2.47. The molecule has 3 rings (SSSR count). The van der Waals surface area contributed by atoms with Crippen LogP contribution in [-0.2, 0) is 4.79 Å². The van der Waals surface area contributed by atoms with E-state index in [-0.39, 0.29) is 23.2 Å². The fourth-order valence-electron chi connectivity index (χ4n) is 2.84. The highest BCUT2D eigenvalue weighted by atomic mass is 32.2. The monoisotopic (exact) mass is 304 g/mol. The molecular weight excluding hydrogens is 284 g/mol. The van der Waals surface area contributed by atoms with Crippen LogP contribution in [0.5, 0.6) is 0 Å². The van der Waals surface area contributed by atoms with Crippen LogP contribution in [0.2, 0.25) is 0 Å². The van der Waals surface area contributed by atoms with Gasteiger partial charge < -0.3 is 10.2 Å². The lowest BCUT2D eigenvalue weighted by molar-refractivity contribution is -0.124. The predicted octanol–water partition coefficient (Wildman–Crippen LogP) is 2.42. The molecule has 0 saturated carbocycles. The van der Waals surface area contributed by atoms with E-state index in [2.05, 4.69) is 19.2 Å². The van der Waals surface area contributed by atoms with Crippen molar-refractivity contribution in [1.29, 1.82) is 0 Å². The molecule has 1 fully saturated rings. The van der Waals surface area contributed by atoms with Crippen molar-refractivity contribution in [2.24, 2.45) is 5.92 Å². The normalized spacial score (nSPS) is 23.4. The van der Waals surface area contributed by atoms with Crippen molar-refractivity contribution in [3.05, 3.63) is 35.4 Å². The molecule has 0 aliphatic carbocycles. The lowest BCUT2D eigenvalue weighted by atomic mass is 10.1. The van der Waals surface area contributed by atoms with Crippen molar-refractivity contribution < 1.29 is 9.59 Å². The van der Waals surface area contributed by atoms with Crippen molar-refractivity contribution in [3.8, 4) is 0 Å². The summed E-state index contributed by atoms with van der Waals surface area (Å²) in [6.07, 6.45) is 0.962. The summed E-state index contributed by atoms with van der Waals surface area (Å²) in [7, 11) is 0. The number of amides is 2. The molecule has 0 spiro atoms. The van der Waals surface area contributed by atoms with E-state index in [1.54, 1.807) is 16.7 Å². The summed E-state index contributed by atoms with van der Waals surface area (Å²) in [6.45, 7) is 4.94. The first-order chi connectivity index (χ1) is 10.1. The molecule has 2 aliphatic heterocycles. The van der Waals surface area contributed by atoms with E-state index in [1.807, 2.05) is 24.3 Å². The van der Waals surface area contributed by atoms with E-state index >= 15 is 0 Å². The Morgan fingerprint density at radius 3 is 2.95 bits per heavy atom. The van der Waals surface area contributed by atoms with Gasteiger partial charge in [0.1, 0.15) is 11.4 Å². The summed E-state index contributed by atoms with van der Waals surface area (Å²) in [5, 5.41) is 2.98. The van der Waals surface area contributed by atoms with Crippen LogP contribution in [0.15, 0.2) is 24.3 Å². The molecule has 2 aliphatic rings. The zero-order valence-electron chi connectivity index (χ0n) is 12.3. The molecule has 0 bridgehead atoms. The van der Waals surface area contributed by atoms with E-state index in [4.69, 9.17) is 0 Å². The molecule has 0 radical (unpaired) electrons. The first kappa shape index (κ1) is 14.4. The quantitative estimate of drug-likeness (QED) is 0.929. The van der Waals surface area contributed by atoms with Crippen LogP contribution < -0.4 is 5.32 Å². The molecule has 2 amide bonds. The average Bonchev–Trinajstić information content (AvgIpc) is 3.00. The van der Waals surface area contributed by atoms with Gasteiger partial charge in [-0.3, -0.25) is 9.59 Å². The summed E-state index contributed by atoms with van der Waals surface area (Å²) in [5.41, 5.74) is 1.79. The maximum Gasteiger partial charge on any atom is 0.256 e. The highest BCUT2D eigenvalue weighted by Gasteiger charge is 2.48. The molecule has 0 aromatic heterocycles. The third-order valence-electron chi connectivity index (χ3n) is 4.02. The molecule has 5 heteroatoms. The van der Waals surface area contributed by atoms with E-state index in [0.29, 0.717) is 18.2 Å². The van der Waals surface area contributed by atoms with E-state index in [9.17, 15) is 9.59 Å². The number of benzene rings is 1. The number of nitrogens with zero attached hydrogens (tertiary/aromatic N) is 1. The fraction of sp³-hybridized carbons (Fsp3) is 0.500. The van der Waals surface area contributed by atoms with Crippen LogP contribution in [0.3, 0.4) is 0 Å². The minimum atomic E-state index is -0.341. The van der Waals surface area contributed by atoms with Crippen molar-refractivity contribution in [2.45, 2.75) is 31.7 Å². The number of fused-ring (bicyclic) bond motifs is 3. The third-order valence-corrected chi connectivity index (χ3v) is 5.32. The largest absolute Gasteiger partial charge is 0.354 e. The molecule has 1 aromatic rings. The number of nitrogens with one attached hydrogen (secondary N) is 1. The second-order valence-corrected chi connectivity index (χ2v) is 7.09. The Bertz CT molecular complexity index is 573. The van der Waals surface area contributed by atoms with Crippen LogP contribution >= 0.6 is 11.8 Å². The third kappa shape index (κ3) is 2.55. The Morgan fingerprint density at radius 1 is 1.43 bits per heavy atom. The van der Waals surface area contributed by atoms with E-state index in [1.165, 1.54) is 0 Å². The Balaban J connectivity index is 1.71. The maximum atomic E-state index is 12.5.